The van der Waals surface area contributed by atoms with Crippen LogP contribution in [0.3, 0.4) is 0 Å². The van der Waals surface area contributed by atoms with Gasteiger partial charge < -0.3 is 10.1 Å². The quantitative estimate of drug-likeness (QED) is 0.337. The van der Waals surface area contributed by atoms with E-state index in [1.165, 1.54) is 16.2 Å². The number of ether oxygens (including phenoxy) is 1. The number of amides is 1. The Morgan fingerprint density at radius 3 is 2.82 bits per heavy atom. The van der Waals surface area contributed by atoms with E-state index in [0.717, 1.165) is 37.7 Å². The largest absolute Gasteiger partial charge is 0.379 e. The molecule has 1 saturated heterocycles. The van der Waals surface area contributed by atoms with E-state index in [0.29, 0.717) is 39.4 Å². The van der Waals surface area contributed by atoms with Crippen LogP contribution in [0.15, 0.2) is 28.0 Å². The molecular weight excluding hydrogens is 456 g/mol. The monoisotopic (exact) mass is 486 g/mol. The molecule has 0 radical (unpaired) electrons. The predicted molar refractivity (Wildman–Crippen MR) is 138 cm³/mol. The Morgan fingerprint density at radius 1 is 1.33 bits per heavy atom. The third-order valence-electron chi connectivity index (χ3n) is 5.94. The molecule has 0 atom stereocenters. The number of fused-ring (bicyclic) bond motifs is 1. The summed E-state index contributed by atoms with van der Waals surface area (Å²) in [6, 6.07) is 3.92. The zero-order valence-electron chi connectivity index (χ0n) is 19.3. The van der Waals surface area contributed by atoms with Crippen molar-refractivity contribution in [3.05, 3.63) is 44.7 Å². The van der Waals surface area contributed by atoms with E-state index in [2.05, 4.69) is 5.32 Å². The number of carbonyl (C=O) groups is 1. The van der Waals surface area contributed by atoms with Crippen molar-refractivity contribution in [3.8, 4) is 0 Å². The van der Waals surface area contributed by atoms with Crippen LogP contribution in [0.2, 0.25) is 0 Å². The normalized spacial score (nSPS) is 18.4. The molecule has 4 rings (SSSR count). The molecule has 176 valence electrons. The van der Waals surface area contributed by atoms with Crippen LogP contribution in [-0.4, -0.2) is 49.8 Å². The zero-order valence-corrected chi connectivity index (χ0v) is 20.9. The predicted octanol–water partition coefficient (Wildman–Crippen LogP) is 4.37. The van der Waals surface area contributed by atoms with Crippen molar-refractivity contribution in [1.82, 2.24) is 14.3 Å². The molecule has 1 N–H and O–H groups in total. The van der Waals surface area contributed by atoms with Crippen LogP contribution in [0.1, 0.15) is 57.1 Å². The second-order valence-corrected chi connectivity index (χ2v) is 10.4. The first-order chi connectivity index (χ1) is 15.9. The van der Waals surface area contributed by atoms with Crippen LogP contribution in [-0.2, 0) is 9.53 Å². The number of aromatic nitrogens is 2. The van der Waals surface area contributed by atoms with Crippen molar-refractivity contribution in [1.29, 1.82) is 0 Å². The highest BCUT2D eigenvalue weighted by Crippen LogP contribution is 2.38. The lowest BCUT2D eigenvalue weighted by molar-refractivity contribution is -0.123. The Bertz CT molecular complexity index is 1150. The van der Waals surface area contributed by atoms with Crippen LogP contribution in [0, 0.1) is 6.92 Å². The number of pyridine rings is 1. The fourth-order valence-electron chi connectivity index (χ4n) is 4.26. The van der Waals surface area contributed by atoms with Gasteiger partial charge in [0, 0.05) is 25.4 Å². The molecule has 3 heterocycles. The van der Waals surface area contributed by atoms with E-state index in [1.807, 2.05) is 32.9 Å². The zero-order chi connectivity index (χ0) is 23.5. The van der Waals surface area contributed by atoms with Gasteiger partial charge in [0.1, 0.15) is 15.8 Å². The summed E-state index contributed by atoms with van der Waals surface area (Å²) in [7, 11) is 0. The van der Waals surface area contributed by atoms with Gasteiger partial charge in [-0.25, -0.2) is 4.98 Å². The lowest BCUT2D eigenvalue weighted by Crippen LogP contribution is -2.36. The average Bonchev–Trinajstić information content (AvgIpc) is 3.38. The van der Waals surface area contributed by atoms with E-state index in [-0.39, 0.29) is 23.6 Å². The summed E-state index contributed by atoms with van der Waals surface area (Å²) in [4.78, 5) is 33.6. The maximum Gasteiger partial charge on any atom is 0.267 e. The molecule has 9 heteroatoms. The van der Waals surface area contributed by atoms with E-state index >= 15 is 0 Å². The van der Waals surface area contributed by atoms with E-state index < -0.39 is 0 Å². The molecule has 2 aromatic heterocycles. The number of nitrogens with one attached hydrogen (secondary N) is 1. The van der Waals surface area contributed by atoms with Gasteiger partial charge in [-0.2, -0.15) is 0 Å². The van der Waals surface area contributed by atoms with E-state index in [9.17, 15) is 9.59 Å². The van der Waals surface area contributed by atoms with Gasteiger partial charge in [-0.15, -0.1) is 0 Å². The fourth-order valence-corrected chi connectivity index (χ4v) is 5.64. The molecule has 1 aliphatic heterocycles. The molecule has 0 bridgehead atoms. The van der Waals surface area contributed by atoms with Gasteiger partial charge in [0.15, 0.2) is 0 Å². The lowest BCUT2D eigenvalue weighted by atomic mass is 10.2. The first kappa shape index (κ1) is 23.9. The molecule has 2 aliphatic rings. The molecule has 2 fully saturated rings. The van der Waals surface area contributed by atoms with Gasteiger partial charge in [-0.05, 0) is 57.7 Å². The molecule has 0 unspecified atom stereocenters. The molecule has 7 nitrogen and oxygen atoms in total. The van der Waals surface area contributed by atoms with Crippen molar-refractivity contribution in [3.63, 3.8) is 0 Å². The molecule has 2 aromatic rings. The lowest BCUT2D eigenvalue weighted by Gasteiger charge is -2.21. The minimum Gasteiger partial charge on any atom is -0.379 e. The molecule has 33 heavy (non-hydrogen) atoms. The number of hydrogen-bond donors (Lipinski definition) is 1. The van der Waals surface area contributed by atoms with Gasteiger partial charge in [0.05, 0.1) is 16.6 Å². The van der Waals surface area contributed by atoms with Gasteiger partial charge in [0.2, 0.25) is 0 Å². The highest BCUT2D eigenvalue weighted by molar-refractivity contribution is 8.26. The standard InChI is InChI=1S/C24H30N4O3S2/c1-15(2)31-13-7-11-25-20-18(22(29)27-12-6-8-16(3)21(27)26-20)14-19-23(30)28(24(32)33-19)17-9-4-5-10-17/h6,8,12,14-15,17,25H,4-5,7,9-11,13H2,1-3H3/b19-14-. The average molecular weight is 487 g/mol. The number of hydrogen-bond acceptors (Lipinski definition) is 7. The summed E-state index contributed by atoms with van der Waals surface area (Å²) in [6.45, 7) is 7.15. The summed E-state index contributed by atoms with van der Waals surface area (Å²) in [6.07, 6.45) is 8.50. The van der Waals surface area contributed by atoms with Crippen LogP contribution >= 0.6 is 24.0 Å². The van der Waals surface area contributed by atoms with Crippen molar-refractivity contribution in [2.45, 2.75) is 65.0 Å². The third kappa shape index (κ3) is 5.15. The minimum atomic E-state index is -0.212. The van der Waals surface area contributed by atoms with Gasteiger partial charge in [0.25, 0.3) is 11.5 Å². The fraction of sp³-hybridized carbons (Fsp3) is 0.500. The number of rotatable bonds is 8. The van der Waals surface area contributed by atoms with Gasteiger partial charge >= 0.3 is 0 Å². The number of anilines is 1. The number of thioether (sulfide) groups is 1. The topological polar surface area (TPSA) is 75.9 Å². The smallest absolute Gasteiger partial charge is 0.267 e. The molecule has 1 saturated carbocycles. The van der Waals surface area contributed by atoms with Crippen LogP contribution in [0.5, 0.6) is 0 Å². The van der Waals surface area contributed by atoms with Crippen molar-refractivity contribution >= 4 is 51.7 Å². The number of thiocarbonyl (C=S) groups is 1. The summed E-state index contributed by atoms with van der Waals surface area (Å²) < 4.78 is 7.72. The van der Waals surface area contributed by atoms with E-state index in [1.54, 1.807) is 17.2 Å². The SMILES string of the molecule is Cc1cccn2c(=O)c(/C=C3\SC(=S)N(C4CCCC4)C3=O)c(NCCCOC(C)C)nc12. The summed E-state index contributed by atoms with van der Waals surface area (Å²) in [5, 5.41) is 3.30. The first-order valence-electron chi connectivity index (χ1n) is 11.5. The molecule has 0 aromatic carbocycles. The second kappa shape index (κ2) is 10.4. The minimum absolute atomic E-state index is 0.109. The highest BCUT2D eigenvalue weighted by Gasteiger charge is 2.38. The van der Waals surface area contributed by atoms with Crippen LogP contribution < -0.4 is 10.9 Å². The molecule has 0 spiro atoms. The summed E-state index contributed by atoms with van der Waals surface area (Å²) in [5.41, 5.74) is 1.66. The number of aryl methyl sites for hydroxylation is 1. The maximum absolute atomic E-state index is 13.4. The second-order valence-electron chi connectivity index (χ2n) is 8.75. The van der Waals surface area contributed by atoms with Crippen LogP contribution in [0.4, 0.5) is 5.82 Å². The maximum atomic E-state index is 13.4. The summed E-state index contributed by atoms with van der Waals surface area (Å²) >= 11 is 6.80. The Labute approximate surface area is 203 Å². The first-order valence-corrected chi connectivity index (χ1v) is 12.7. The Morgan fingerprint density at radius 2 is 2.09 bits per heavy atom. The number of carbonyl (C=O) groups excluding carboxylic acids is 1. The number of nitrogens with zero attached hydrogens (tertiary/aromatic N) is 3. The third-order valence-corrected chi connectivity index (χ3v) is 7.27. The Hall–Kier alpha value is -2.23. The van der Waals surface area contributed by atoms with Gasteiger partial charge in [-0.3, -0.25) is 18.9 Å². The van der Waals surface area contributed by atoms with E-state index in [4.69, 9.17) is 21.9 Å². The molecule has 1 amide bonds. The summed E-state index contributed by atoms with van der Waals surface area (Å²) in [5.74, 6) is 0.368. The Balaban J connectivity index is 1.68. The highest BCUT2D eigenvalue weighted by atomic mass is 32.2. The van der Waals surface area contributed by atoms with Gasteiger partial charge in [-0.1, -0.05) is 42.9 Å². The Kier molecular flexibility index (Phi) is 7.51. The van der Waals surface area contributed by atoms with Crippen molar-refractivity contribution in [2.75, 3.05) is 18.5 Å². The van der Waals surface area contributed by atoms with Crippen molar-refractivity contribution in [2.24, 2.45) is 0 Å². The van der Waals surface area contributed by atoms with Crippen LogP contribution in [0.25, 0.3) is 11.7 Å². The molecule has 1 aliphatic carbocycles. The van der Waals surface area contributed by atoms with Crippen molar-refractivity contribution < 1.29 is 9.53 Å². The molecular formula is C24H30N4O3S2.